The highest BCUT2D eigenvalue weighted by Crippen LogP contribution is 2.20. The molecule has 0 bridgehead atoms. The van der Waals surface area contributed by atoms with Crippen molar-refractivity contribution >= 4 is 23.1 Å². The van der Waals surface area contributed by atoms with Crippen molar-refractivity contribution in [2.75, 3.05) is 0 Å². The number of hydrogen-bond acceptors (Lipinski definition) is 4. The summed E-state index contributed by atoms with van der Waals surface area (Å²) in [6.45, 7) is 1.61. The van der Waals surface area contributed by atoms with Crippen molar-refractivity contribution in [3.63, 3.8) is 0 Å². The average molecular weight is 355 g/mol. The average Bonchev–Trinajstić information content (AvgIpc) is 2.97. The van der Waals surface area contributed by atoms with Crippen LogP contribution < -0.4 is 4.74 Å². The third kappa shape index (κ3) is 3.76. The maximum Gasteiger partial charge on any atom is 0.347 e. The van der Waals surface area contributed by atoms with Crippen LogP contribution in [0.2, 0.25) is 5.02 Å². The van der Waals surface area contributed by atoms with Crippen molar-refractivity contribution in [2.45, 2.75) is 19.6 Å². The number of carbonyl (C=O) groups excluding carboxylic acids is 1. The number of halogens is 1. The van der Waals surface area contributed by atoms with E-state index in [1.807, 2.05) is 28.8 Å². The van der Waals surface area contributed by atoms with E-state index in [-0.39, 0.29) is 6.61 Å². The topological polar surface area (TPSA) is 63.7 Å². The number of pyridine rings is 1. The van der Waals surface area contributed by atoms with Crippen LogP contribution >= 0.6 is 11.6 Å². The second-order valence-corrected chi connectivity index (χ2v) is 5.90. The number of nitrogens with zero attached hydrogens (tertiary/aromatic N) is 2. The lowest BCUT2D eigenvalue weighted by atomic mass is 10.2. The van der Waals surface area contributed by atoms with Gasteiger partial charge in [0.1, 0.15) is 18.4 Å². The number of ether oxygens (including phenoxy) is 2. The van der Waals surface area contributed by atoms with Crippen molar-refractivity contribution < 1.29 is 14.3 Å². The Morgan fingerprint density at radius 3 is 2.92 bits per heavy atom. The summed E-state index contributed by atoms with van der Waals surface area (Å²) in [5.41, 5.74) is 1.92. The zero-order valence-corrected chi connectivity index (χ0v) is 14.2. The van der Waals surface area contributed by atoms with Crippen LogP contribution in [0, 0.1) is 11.3 Å². The molecule has 0 saturated carbocycles. The largest absolute Gasteiger partial charge is 0.479 e. The molecule has 3 rings (SSSR count). The number of benzene rings is 1. The summed E-state index contributed by atoms with van der Waals surface area (Å²) in [6.07, 6.45) is 2.83. The van der Waals surface area contributed by atoms with Gasteiger partial charge >= 0.3 is 5.97 Å². The Morgan fingerprint density at radius 1 is 1.32 bits per heavy atom. The van der Waals surface area contributed by atoms with E-state index in [4.69, 9.17) is 21.1 Å². The third-order valence-electron chi connectivity index (χ3n) is 3.68. The minimum absolute atomic E-state index is 0.00660. The number of aromatic nitrogens is 1. The van der Waals surface area contributed by atoms with Crippen molar-refractivity contribution in [3.05, 3.63) is 71.0 Å². The molecule has 0 fully saturated rings. The molecule has 2 aromatic heterocycles. The van der Waals surface area contributed by atoms with Gasteiger partial charge in [-0.2, -0.15) is 5.26 Å². The van der Waals surface area contributed by atoms with E-state index in [0.717, 1.165) is 5.52 Å². The Kier molecular flexibility index (Phi) is 4.92. The van der Waals surface area contributed by atoms with Crippen molar-refractivity contribution in [1.29, 1.82) is 5.26 Å². The zero-order valence-electron chi connectivity index (χ0n) is 13.5. The molecule has 0 aliphatic rings. The predicted octanol–water partition coefficient (Wildman–Crippen LogP) is 3.98. The Hall–Kier alpha value is -2.97. The summed E-state index contributed by atoms with van der Waals surface area (Å²) < 4.78 is 12.7. The quantitative estimate of drug-likeness (QED) is 0.650. The second kappa shape index (κ2) is 7.29. The SMILES string of the molecule is C[C@H](Oc1cccc(Cl)c1)C(=O)OCc1cn2ccccc2c1C#N. The van der Waals surface area contributed by atoms with Crippen LogP contribution in [0.5, 0.6) is 5.75 Å². The highest BCUT2D eigenvalue weighted by Gasteiger charge is 2.18. The Balaban J connectivity index is 1.67. The number of hydrogen-bond donors (Lipinski definition) is 0. The lowest BCUT2D eigenvalue weighted by molar-refractivity contribution is -0.152. The first-order chi connectivity index (χ1) is 12.1. The molecule has 1 atom stereocenters. The third-order valence-corrected chi connectivity index (χ3v) is 3.92. The van der Waals surface area contributed by atoms with Gasteiger partial charge < -0.3 is 13.9 Å². The van der Waals surface area contributed by atoms with Crippen molar-refractivity contribution in [1.82, 2.24) is 4.40 Å². The molecule has 25 heavy (non-hydrogen) atoms. The fourth-order valence-corrected chi connectivity index (χ4v) is 2.66. The first kappa shape index (κ1) is 16.9. The highest BCUT2D eigenvalue weighted by molar-refractivity contribution is 6.30. The van der Waals surface area contributed by atoms with Crippen LogP contribution in [0.1, 0.15) is 18.1 Å². The van der Waals surface area contributed by atoms with Crippen LogP contribution in [0.15, 0.2) is 54.9 Å². The normalized spacial score (nSPS) is 11.7. The molecular formula is C19H15ClN2O3. The van der Waals surface area contributed by atoms with Crippen LogP contribution in [-0.2, 0) is 16.1 Å². The fraction of sp³-hybridized carbons (Fsp3) is 0.158. The molecule has 0 aliphatic heterocycles. The molecule has 3 aromatic rings. The number of esters is 1. The van der Waals surface area contributed by atoms with Crippen LogP contribution in [0.3, 0.4) is 0 Å². The summed E-state index contributed by atoms with van der Waals surface area (Å²) in [5, 5.41) is 9.88. The first-order valence-electron chi connectivity index (χ1n) is 7.66. The maximum atomic E-state index is 12.2. The van der Waals surface area contributed by atoms with Gasteiger partial charge in [0.15, 0.2) is 6.10 Å². The Bertz CT molecular complexity index is 959. The lowest BCUT2D eigenvalue weighted by Crippen LogP contribution is -2.26. The number of fused-ring (bicyclic) bond motifs is 1. The van der Waals surface area contributed by atoms with Gasteiger partial charge in [-0.15, -0.1) is 0 Å². The van der Waals surface area contributed by atoms with Gasteiger partial charge in [0.2, 0.25) is 0 Å². The molecule has 6 heteroatoms. The van der Waals surface area contributed by atoms with E-state index in [9.17, 15) is 10.1 Å². The fourth-order valence-electron chi connectivity index (χ4n) is 2.47. The monoisotopic (exact) mass is 354 g/mol. The van der Waals surface area contributed by atoms with Gasteiger partial charge in [0.25, 0.3) is 0 Å². The van der Waals surface area contributed by atoms with Crippen LogP contribution in [0.4, 0.5) is 0 Å². The molecular weight excluding hydrogens is 340 g/mol. The van der Waals surface area contributed by atoms with Gasteiger partial charge in [-0.3, -0.25) is 0 Å². The van der Waals surface area contributed by atoms with Crippen LogP contribution in [-0.4, -0.2) is 16.5 Å². The van der Waals surface area contributed by atoms with Gasteiger partial charge in [-0.1, -0.05) is 23.7 Å². The molecule has 1 aromatic carbocycles. The molecule has 0 aliphatic carbocycles. The standard InChI is InChI=1S/C19H15ClN2O3/c1-13(25-16-6-4-5-15(20)9-16)19(23)24-12-14-11-22-8-3-2-7-18(22)17(14)10-21/h2-9,11,13H,12H2,1H3/t13-/m0/s1. The minimum Gasteiger partial charge on any atom is -0.479 e. The van der Waals surface area contributed by atoms with E-state index in [1.165, 1.54) is 0 Å². The summed E-state index contributed by atoms with van der Waals surface area (Å²) in [7, 11) is 0. The molecule has 0 unspecified atom stereocenters. The van der Waals surface area contributed by atoms with Crippen molar-refractivity contribution in [3.8, 4) is 11.8 Å². The maximum absolute atomic E-state index is 12.2. The zero-order chi connectivity index (χ0) is 17.8. The smallest absolute Gasteiger partial charge is 0.347 e. The van der Waals surface area contributed by atoms with E-state index >= 15 is 0 Å². The number of carbonyl (C=O) groups is 1. The molecule has 0 N–H and O–H groups in total. The van der Waals surface area contributed by atoms with Gasteiger partial charge in [0.05, 0.1) is 11.1 Å². The highest BCUT2D eigenvalue weighted by atomic mass is 35.5. The summed E-state index contributed by atoms with van der Waals surface area (Å²) >= 11 is 5.89. The van der Waals surface area contributed by atoms with Gasteiger partial charge in [-0.05, 0) is 37.3 Å². The molecule has 0 amide bonds. The van der Waals surface area contributed by atoms with Gasteiger partial charge in [-0.25, -0.2) is 4.79 Å². The summed E-state index contributed by atoms with van der Waals surface area (Å²) in [4.78, 5) is 12.2. The van der Waals surface area contributed by atoms with Crippen molar-refractivity contribution in [2.24, 2.45) is 0 Å². The lowest BCUT2D eigenvalue weighted by Gasteiger charge is -2.14. The van der Waals surface area contributed by atoms with E-state index in [0.29, 0.717) is 21.9 Å². The van der Waals surface area contributed by atoms with E-state index in [2.05, 4.69) is 6.07 Å². The minimum atomic E-state index is -0.791. The van der Waals surface area contributed by atoms with E-state index < -0.39 is 12.1 Å². The molecule has 0 spiro atoms. The second-order valence-electron chi connectivity index (χ2n) is 5.46. The predicted molar refractivity (Wildman–Crippen MR) is 93.5 cm³/mol. The molecule has 5 nitrogen and oxygen atoms in total. The molecule has 0 radical (unpaired) electrons. The summed E-state index contributed by atoms with van der Waals surface area (Å²) in [6, 6.07) is 14.5. The molecule has 126 valence electrons. The van der Waals surface area contributed by atoms with Crippen LogP contribution in [0.25, 0.3) is 5.52 Å². The molecule has 2 heterocycles. The number of rotatable bonds is 5. The Morgan fingerprint density at radius 2 is 2.16 bits per heavy atom. The Labute approximate surface area is 150 Å². The first-order valence-corrected chi connectivity index (χ1v) is 8.04. The van der Waals surface area contributed by atoms with Gasteiger partial charge in [0, 0.05) is 23.0 Å². The van der Waals surface area contributed by atoms with E-state index in [1.54, 1.807) is 37.4 Å². The summed E-state index contributed by atoms with van der Waals surface area (Å²) in [5.74, 6) is -0.0246. The number of nitriles is 1. The molecule has 0 saturated heterocycles.